The second kappa shape index (κ2) is 7.24. The van der Waals surface area contributed by atoms with Crippen LogP contribution >= 0.6 is 0 Å². The number of nitrogens with one attached hydrogen (secondary N) is 1. The van der Waals surface area contributed by atoms with Gasteiger partial charge in [0, 0.05) is 19.6 Å². The average molecular weight is 329 g/mol. The van der Waals surface area contributed by atoms with E-state index in [9.17, 15) is 4.79 Å². The lowest BCUT2D eigenvalue weighted by Gasteiger charge is -2.23. The van der Waals surface area contributed by atoms with Crippen LogP contribution in [0.15, 0.2) is 18.2 Å². The molecule has 3 rings (SSSR count). The lowest BCUT2D eigenvalue weighted by atomic mass is 9.97. The number of amides is 1. The van der Waals surface area contributed by atoms with Gasteiger partial charge in [-0.05, 0) is 62.3 Å². The molecule has 1 aromatic rings. The maximum Gasteiger partial charge on any atom is 0.240 e. The summed E-state index contributed by atoms with van der Waals surface area (Å²) in [5, 5.41) is 3.12. The van der Waals surface area contributed by atoms with Crippen molar-refractivity contribution in [1.82, 2.24) is 10.2 Å². The monoisotopic (exact) mass is 329 g/mol. The standard InChI is InChI=1S/C20H31N3O/c1-15-5-6-17(11-16(15)2)13-23-10-7-18(14-23)12-22-19(24)20(21)8-3-4-9-20/h5-6,11,18H,3-4,7-10,12-14,21H2,1-2H3,(H,22,24)/t18-/m1/s1. The first-order valence-electron chi connectivity index (χ1n) is 9.32. The normalized spacial score (nSPS) is 23.5. The number of likely N-dealkylation sites (tertiary alicyclic amines) is 1. The molecule has 1 saturated heterocycles. The predicted octanol–water partition coefficient (Wildman–Crippen LogP) is 2.51. The Morgan fingerprint density at radius 2 is 2.04 bits per heavy atom. The van der Waals surface area contributed by atoms with Crippen LogP contribution in [0.3, 0.4) is 0 Å². The first-order valence-corrected chi connectivity index (χ1v) is 9.32. The van der Waals surface area contributed by atoms with Crippen LogP contribution in [0.5, 0.6) is 0 Å². The van der Waals surface area contributed by atoms with Gasteiger partial charge in [-0.25, -0.2) is 0 Å². The Bertz CT molecular complexity index is 593. The molecule has 1 aromatic carbocycles. The number of carbonyl (C=O) groups excluding carboxylic acids is 1. The Labute approximate surface area is 145 Å². The summed E-state index contributed by atoms with van der Waals surface area (Å²) < 4.78 is 0. The van der Waals surface area contributed by atoms with Gasteiger partial charge in [0.2, 0.25) is 5.91 Å². The highest BCUT2D eigenvalue weighted by atomic mass is 16.2. The maximum absolute atomic E-state index is 12.3. The summed E-state index contributed by atoms with van der Waals surface area (Å²) in [7, 11) is 0. The average Bonchev–Trinajstić information content (AvgIpc) is 3.19. The fraction of sp³-hybridized carbons (Fsp3) is 0.650. The molecular weight excluding hydrogens is 298 g/mol. The molecule has 1 atom stereocenters. The molecule has 0 aromatic heterocycles. The summed E-state index contributed by atoms with van der Waals surface area (Å²) in [5.74, 6) is 0.609. The van der Waals surface area contributed by atoms with Crippen molar-refractivity contribution in [3.63, 3.8) is 0 Å². The van der Waals surface area contributed by atoms with Crippen LogP contribution in [0.2, 0.25) is 0 Å². The molecular formula is C20H31N3O. The molecule has 1 aliphatic heterocycles. The Morgan fingerprint density at radius 3 is 2.75 bits per heavy atom. The largest absolute Gasteiger partial charge is 0.354 e. The van der Waals surface area contributed by atoms with Crippen molar-refractivity contribution in [3.05, 3.63) is 34.9 Å². The van der Waals surface area contributed by atoms with Gasteiger partial charge in [-0.1, -0.05) is 31.0 Å². The van der Waals surface area contributed by atoms with Crippen LogP contribution in [0, 0.1) is 19.8 Å². The molecule has 0 unspecified atom stereocenters. The quantitative estimate of drug-likeness (QED) is 0.873. The zero-order valence-electron chi connectivity index (χ0n) is 15.1. The number of hydrogen-bond acceptors (Lipinski definition) is 3. The lowest BCUT2D eigenvalue weighted by molar-refractivity contribution is -0.126. The molecule has 1 heterocycles. The number of benzene rings is 1. The highest BCUT2D eigenvalue weighted by Crippen LogP contribution is 2.27. The van der Waals surface area contributed by atoms with Crippen LogP contribution in [-0.4, -0.2) is 36.0 Å². The Hall–Kier alpha value is -1.39. The topological polar surface area (TPSA) is 58.4 Å². The first kappa shape index (κ1) is 17.4. The predicted molar refractivity (Wildman–Crippen MR) is 97.7 cm³/mol. The zero-order valence-corrected chi connectivity index (χ0v) is 15.1. The minimum absolute atomic E-state index is 0.0626. The summed E-state index contributed by atoms with van der Waals surface area (Å²) in [6.45, 7) is 8.27. The number of hydrogen-bond donors (Lipinski definition) is 2. The third-order valence-corrected chi connectivity index (χ3v) is 5.85. The molecule has 2 aliphatic rings. The number of rotatable bonds is 5. The molecule has 1 aliphatic carbocycles. The minimum Gasteiger partial charge on any atom is -0.354 e. The minimum atomic E-state index is -0.599. The van der Waals surface area contributed by atoms with Crippen LogP contribution in [0.25, 0.3) is 0 Å². The molecule has 0 spiro atoms. The van der Waals surface area contributed by atoms with E-state index in [2.05, 4.69) is 42.3 Å². The van der Waals surface area contributed by atoms with Gasteiger partial charge in [0.05, 0.1) is 5.54 Å². The molecule has 1 saturated carbocycles. The number of nitrogens with zero attached hydrogens (tertiary/aromatic N) is 1. The molecule has 4 heteroatoms. The van der Waals surface area contributed by atoms with E-state index in [4.69, 9.17) is 5.73 Å². The SMILES string of the molecule is Cc1ccc(CN2CC[C@H](CNC(=O)C3(N)CCCC3)C2)cc1C. The van der Waals surface area contributed by atoms with E-state index < -0.39 is 5.54 Å². The summed E-state index contributed by atoms with van der Waals surface area (Å²) in [5.41, 5.74) is 9.72. The summed E-state index contributed by atoms with van der Waals surface area (Å²) >= 11 is 0. The highest BCUT2D eigenvalue weighted by molar-refractivity contribution is 5.86. The Kier molecular flexibility index (Phi) is 5.26. The van der Waals surface area contributed by atoms with Crippen LogP contribution < -0.4 is 11.1 Å². The zero-order chi connectivity index (χ0) is 17.2. The molecule has 3 N–H and O–H groups in total. The molecule has 132 valence electrons. The second-order valence-electron chi connectivity index (χ2n) is 7.88. The number of aryl methyl sites for hydroxylation is 2. The smallest absolute Gasteiger partial charge is 0.240 e. The van der Waals surface area contributed by atoms with Crippen LogP contribution in [-0.2, 0) is 11.3 Å². The van der Waals surface area contributed by atoms with Gasteiger partial charge < -0.3 is 11.1 Å². The molecule has 2 fully saturated rings. The van der Waals surface area contributed by atoms with Crippen LogP contribution in [0.4, 0.5) is 0 Å². The van der Waals surface area contributed by atoms with E-state index in [1.54, 1.807) is 0 Å². The van der Waals surface area contributed by atoms with Gasteiger partial charge in [-0.2, -0.15) is 0 Å². The number of nitrogens with two attached hydrogens (primary N) is 1. The molecule has 0 radical (unpaired) electrons. The third-order valence-electron chi connectivity index (χ3n) is 5.85. The van der Waals surface area contributed by atoms with Gasteiger partial charge in [0.15, 0.2) is 0 Å². The number of carbonyl (C=O) groups is 1. The first-order chi connectivity index (χ1) is 11.5. The van der Waals surface area contributed by atoms with Crippen molar-refractivity contribution in [1.29, 1.82) is 0 Å². The molecule has 4 nitrogen and oxygen atoms in total. The Balaban J connectivity index is 1.45. The van der Waals surface area contributed by atoms with E-state index in [0.717, 1.165) is 58.3 Å². The van der Waals surface area contributed by atoms with E-state index in [-0.39, 0.29) is 5.91 Å². The summed E-state index contributed by atoms with van der Waals surface area (Å²) in [6.07, 6.45) is 4.99. The van der Waals surface area contributed by atoms with Crippen molar-refractivity contribution < 1.29 is 4.79 Å². The van der Waals surface area contributed by atoms with Crippen molar-refractivity contribution in [2.75, 3.05) is 19.6 Å². The van der Waals surface area contributed by atoms with E-state index in [1.165, 1.54) is 16.7 Å². The van der Waals surface area contributed by atoms with Crippen molar-refractivity contribution in [2.45, 2.75) is 58.0 Å². The van der Waals surface area contributed by atoms with Gasteiger partial charge in [0.25, 0.3) is 0 Å². The van der Waals surface area contributed by atoms with E-state index in [1.807, 2.05) is 0 Å². The summed E-state index contributed by atoms with van der Waals surface area (Å²) in [6, 6.07) is 6.74. The lowest BCUT2D eigenvalue weighted by Crippen LogP contribution is -2.52. The molecule has 24 heavy (non-hydrogen) atoms. The van der Waals surface area contributed by atoms with Crippen LogP contribution in [0.1, 0.15) is 48.8 Å². The van der Waals surface area contributed by atoms with Crippen molar-refractivity contribution in [2.24, 2.45) is 11.7 Å². The summed E-state index contributed by atoms with van der Waals surface area (Å²) in [4.78, 5) is 14.8. The fourth-order valence-electron chi connectivity index (χ4n) is 4.03. The van der Waals surface area contributed by atoms with Gasteiger partial charge >= 0.3 is 0 Å². The van der Waals surface area contributed by atoms with Gasteiger partial charge in [-0.15, -0.1) is 0 Å². The maximum atomic E-state index is 12.3. The van der Waals surface area contributed by atoms with Gasteiger partial charge in [-0.3, -0.25) is 9.69 Å². The van der Waals surface area contributed by atoms with Gasteiger partial charge in [0.1, 0.15) is 0 Å². The molecule has 1 amide bonds. The fourth-order valence-corrected chi connectivity index (χ4v) is 4.03. The second-order valence-corrected chi connectivity index (χ2v) is 7.88. The third kappa shape index (κ3) is 3.98. The van der Waals surface area contributed by atoms with E-state index in [0.29, 0.717) is 5.92 Å². The van der Waals surface area contributed by atoms with E-state index >= 15 is 0 Å². The highest BCUT2D eigenvalue weighted by Gasteiger charge is 2.37. The molecule has 0 bridgehead atoms. The van der Waals surface area contributed by atoms with Crippen molar-refractivity contribution in [3.8, 4) is 0 Å². The van der Waals surface area contributed by atoms with Crippen molar-refractivity contribution >= 4 is 5.91 Å². The Morgan fingerprint density at radius 1 is 1.29 bits per heavy atom.